The molecular weight excluding hydrogens is 218 g/mol. The first-order valence-corrected chi connectivity index (χ1v) is 6.41. The van der Waals surface area contributed by atoms with E-state index in [0.29, 0.717) is 18.9 Å². The first kappa shape index (κ1) is 15.9. The molecule has 0 heterocycles. The number of nitrogens with one attached hydrogen (secondary N) is 1. The Morgan fingerprint density at radius 1 is 1.24 bits per heavy atom. The van der Waals surface area contributed by atoms with E-state index in [4.69, 9.17) is 4.74 Å². The van der Waals surface area contributed by atoms with Gasteiger partial charge in [0.1, 0.15) is 0 Å². The van der Waals surface area contributed by atoms with Gasteiger partial charge < -0.3 is 10.1 Å². The first-order valence-electron chi connectivity index (χ1n) is 6.41. The van der Waals surface area contributed by atoms with E-state index in [1.54, 1.807) is 0 Å². The molecule has 4 heteroatoms. The maximum Gasteiger partial charge on any atom is 0.407 e. The van der Waals surface area contributed by atoms with Gasteiger partial charge in [-0.05, 0) is 19.3 Å². The van der Waals surface area contributed by atoms with Gasteiger partial charge in [0.05, 0.1) is 12.6 Å². The van der Waals surface area contributed by atoms with E-state index in [2.05, 4.69) is 12.2 Å². The number of carbonyl (C=O) groups excluding carboxylic acids is 2. The van der Waals surface area contributed by atoms with E-state index in [1.807, 2.05) is 13.8 Å². The second-order valence-corrected chi connectivity index (χ2v) is 4.80. The third-order valence-electron chi connectivity index (χ3n) is 2.43. The molecule has 0 saturated heterocycles. The summed E-state index contributed by atoms with van der Waals surface area (Å²) in [7, 11) is 0. The van der Waals surface area contributed by atoms with Crippen LogP contribution < -0.4 is 5.32 Å². The van der Waals surface area contributed by atoms with Crippen LogP contribution >= 0.6 is 0 Å². The van der Waals surface area contributed by atoms with Crippen molar-refractivity contribution in [1.29, 1.82) is 0 Å². The Morgan fingerprint density at radius 3 is 2.35 bits per heavy atom. The van der Waals surface area contributed by atoms with Gasteiger partial charge in [0.2, 0.25) is 0 Å². The molecule has 0 saturated carbocycles. The van der Waals surface area contributed by atoms with E-state index in [9.17, 15) is 9.59 Å². The fourth-order valence-electron chi connectivity index (χ4n) is 1.40. The van der Waals surface area contributed by atoms with E-state index >= 15 is 0 Å². The van der Waals surface area contributed by atoms with Crippen LogP contribution in [0.4, 0.5) is 4.79 Å². The summed E-state index contributed by atoms with van der Waals surface area (Å²) in [5.74, 6) is 0.291. The molecule has 0 aliphatic heterocycles. The van der Waals surface area contributed by atoms with Crippen LogP contribution in [0.3, 0.4) is 0 Å². The fourth-order valence-corrected chi connectivity index (χ4v) is 1.40. The average molecular weight is 243 g/mol. The molecule has 0 aromatic rings. The number of alkyl carbamates (subject to hydrolysis) is 1. The van der Waals surface area contributed by atoms with Crippen LogP contribution in [-0.2, 0) is 9.53 Å². The summed E-state index contributed by atoms with van der Waals surface area (Å²) in [6.45, 7) is 7.92. The molecule has 0 aromatic carbocycles. The first-order chi connectivity index (χ1) is 7.97. The maximum atomic E-state index is 11.4. The molecule has 0 aliphatic rings. The van der Waals surface area contributed by atoms with Gasteiger partial charge >= 0.3 is 6.09 Å². The van der Waals surface area contributed by atoms with Gasteiger partial charge in [-0.1, -0.05) is 40.0 Å². The summed E-state index contributed by atoms with van der Waals surface area (Å²) < 4.78 is 4.99. The predicted molar refractivity (Wildman–Crippen MR) is 67.9 cm³/mol. The molecule has 0 bridgehead atoms. The summed E-state index contributed by atoms with van der Waals surface area (Å²) in [4.78, 5) is 22.8. The summed E-state index contributed by atoms with van der Waals surface area (Å²) in [5, 5.41) is 2.62. The molecular formula is C13H25NO3. The zero-order valence-corrected chi connectivity index (χ0v) is 11.4. The van der Waals surface area contributed by atoms with Crippen molar-refractivity contribution < 1.29 is 14.3 Å². The van der Waals surface area contributed by atoms with Crippen LogP contribution in [0.25, 0.3) is 0 Å². The number of ketones is 1. The Balaban J connectivity index is 3.98. The van der Waals surface area contributed by atoms with Crippen LogP contribution in [0.1, 0.15) is 53.4 Å². The monoisotopic (exact) mass is 243 g/mol. The summed E-state index contributed by atoms with van der Waals surface area (Å²) in [6, 6.07) is -0.402. The molecule has 1 N–H and O–H groups in total. The SMILES string of the molecule is CCCCCC(NC(=O)OCC(C)C)C(C)=O. The molecule has 0 radical (unpaired) electrons. The summed E-state index contributed by atoms with van der Waals surface area (Å²) in [5.41, 5.74) is 0. The van der Waals surface area contributed by atoms with E-state index in [0.717, 1.165) is 19.3 Å². The smallest absolute Gasteiger partial charge is 0.407 e. The Bertz CT molecular complexity index is 239. The fraction of sp³-hybridized carbons (Fsp3) is 0.846. The van der Waals surface area contributed by atoms with Crippen molar-refractivity contribution in [2.24, 2.45) is 5.92 Å². The second-order valence-electron chi connectivity index (χ2n) is 4.80. The van der Waals surface area contributed by atoms with Crippen LogP contribution in [0.15, 0.2) is 0 Å². The van der Waals surface area contributed by atoms with Gasteiger partial charge in [0, 0.05) is 0 Å². The van der Waals surface area contributed by atoms with Crippen molar-refractivity contribution in [3.8, 4) is 0 Å². The minimum atomic E-state index is -0.490. The molecule has 0 aromatic heterocycles. The Hall–Kier alpha value is -1.06. The lowest BCUT2D eigenvalue weighted by Crippen LogP contribution is -2.40. The number of ether oxygens (including phenoxy) is 1. The minimum absolute atomic E-state index is 0.0115. The van der Waals surface area contributed by atoms with E-state index < -0.39 is 12.1 Å². The van der Waals surface area contributed by atoms with Gasteiger partial charge in [-0.3, -0.25) is 4.79 Å². The highest BCUT2D eigenvalue weighted by Crippen LogP contribution is 2.05. The molecule has 0 aliphatic carbocycles. The van der Waals surface area contributed by atoms with Crippen LogP contribution in [0.2, 0.25) is 0 Å². The van der Waals surface area contributed by atoms with Gasteiger partial charge in [-0.2, -0.15) is 0 Å². The van der Waals surface area contributed by atoms with Crippen LogP contribution in [0, 0.1) is 5.92 Å². The topological polar surface area (TPSA) is 55.4 Å². The molecule has 0 spiro atoms. The molecule has 0 fully saturated rings. The minimum Gasteiger partial charge on any atom is -0.449 e. The van der Waals surface area contributed by atoms with Gasteiger partial charge in [0.25, 0.3) is 0 Å². The molecule has 100 valence electrons. The Kier molecular flexibility index (Phi) is 8.46. The highest BCUT2D eigenvalue weighted by molar-refractivity contribution is 5.85. The van der Waals surface area contributed by atoms with Crippen molar-refractivity contribution in [2.45, 2.75) is 59.4 Å². The third-order valence-corrected chi connectivity index (χ3v) is 2.43. The highest BCUT2D eigenvalue weighted by Gasteiger charge is 2.17. The third kappa shape index (κ3) is 8.72. The zero-order chi connectivity index (χ0) is 13.3. The summed E-state index contributed by atoms with van der Waals surface area (Å²) >= 11 is 0. The van der Waals surface area contributed by atoms with E-state index in [1.165, 1.54) is 6.92 Å². The number of hydrogen-bond acceptors (Lipinski definition) is 3. The van der Waals surface area contributed by atoms with Crippen molar-refractivity contribution in [3.63, 3.8) is 0 Å². The second kappa shape index (κ2) is 9.02. The number of Topliss-reactive ketones (excluding diaryl/α,β-unsaturated/α-hetero) is 1. The van der Waals surface area contributed by atoms with Crippen LogP contribution in [0.5, 0.6) is 0 Å². The predicted octanol–water partition coefficient (Wildman–Crippen LogP) is 2.91. The lowest BCUT2D eigenvalue weighted by molar-refractivity contribution is -0.119. The van der Waals surface area contributed by atoms with Gasteiger partial charge in [-0.15, -0.1) is 0 Å². The van der Waals surface area contributed by atoms with Crippen molar-refractivity contribution in [3.05, 3.63) is 0 Å². The molecule has 1 amide bonds. The molecule has 1 unspecified atom stereocenters. The number of rotatable bonds is 8. The van der Waals surface area contributed by atoms with Crippen molar-refractivity contribution in [2.75, 3.05) is 6.61 Å². The molecule has 1 atom stereocenters. The van der Waals surface area contributed by atoms with Gasteiger partial charge in [-0.25, -0.2) is 4.79 Å². The molecule has 0 rings (SSSR count). The standard InChI is InChI=1S/C13H25NO3/c1-5-6-7-8-12(11(4)15)14-13(16)17-9-10(2)3/h10,12H,5-9H2,1-4H3,(H,14,16). The number of carbonyl (C=O) groups is 2. The number of unbranched alkanes of at least 4 members (excludes halogenated alkanes) is 2. The van der Waals surface area contributed by atoms with E-state index in [-0.39, 0.29) is 5.78 Å². The maximum absolute atomic E-state index is 11.4. The van der Waals surface area contributed by atoms with Crippen molar-refractivity contribution >= 4 is 11.9 Å². The lowest BCUT2D eigenvalue weighted by atomic mass is 10.1. The summed E-state index contributed by atoms with van der Waals surface area (Å²) in [6.07, 6.45) is 3.33. The molecule has 4 nitrogen and oxygen atoms in total. The van der Waals surface area contributed by atoms with Crippen molar-refractivity contribution in [1.82, 2.24) is 5.32 Å². The lowest BCUT2D eigenvalue weighted by Gasteiger charge is -2.16. The van der Waals surface area contributed by atoms with Gasteiger partial charge in [0.15, 0.2) is 5.78 Å². The average Bonchev–Trinajstić information content (AvgIpc) is 2.25. The number of amides is 1. The highest BCUT2D eigenvalue weighted by atomic mass is 16.5. The quantitative estimate of drug-likeness (QED) is 0.667. The largest absolute Gasteiger partial charge is 0.449 e. The van der Waals surface area contributed by atoms with Crippen LogP contribution in [-0.4, -0.2) is 24.5 Å². The molecule has 17 heavy (non-hydrogen) atoms. The Labute approximate surface area is 104 Å². The zero-order valence-electron chi connectivity index (χ0n) is 11.4. The Morgan fingerprint density at radius 2 is 1.88 bits per heavy atom. The normalized spacial score (nSPS) is 12.3. The number of hydrogen-bond donors (Lipinski definition) is 1.